The maximum atomic E-state index is 0. The van der Waals surface area contributed by atoms with Crippen LogP contribution in [0.5, 0.6) is 0 Å². The van der Waals surface area contributed by atoms with Crippen molar-refractivity contribution in [3.8, 4) is 0 Å². The number of hydrogen-bond donors (Lipinski definition) is 0. The molecule has 0 rings (SSSR count). The van der Waals surface area contributed by atoms with Crippen LogP contribution in [0.1, 0.15) is 0 Å². The second-order valence-corrected chi connectivity index (χ2v) is 0. The van der Waals surface area contributed by atoms with Crippen LogP contribution < -0.4 is 0 Å². The minimum absolute atomic E-state index is 0. The Morgan fingerprint density at radius 3 is 0.400 bits per heavy atom. The molecule has 0 aliphatic heterocycles. The van der Waals surface area contributed by atoms with E-state index in [-0.39, 0.29) is 104 Å². The topological polar surface area (TPSA) is 0 Å². The molecule has 0 saturated heterocycles. The van der Waals surface area contributed by atoms with Crippen molar-refractivity contribution in [2.75, 3.05) is 0 Å². The van der Waals surface area contributed by atoms with Gasteiger partial charge in [-0.25, -0.2) is 0 Å². The van der Waals surface area contributed by atoms with E-state index >= 15 is 0 Å². The number of rotatable bonds is 0. The molecule has 0 aromatic heterocycles. The SMILES string of the molecule is [Li].[Li].[Li].[Sn].[Sn]. The summed E-state index contributed by atoms with van der Waals surface area (Å²) >= 11 is 0. The molecule has 11 valence electrons. The standard InChI is InChI=1S/3Li.2Sn. The van der Waals surface area contributed by atoms with Gasteiger partial charge in [0.2, 0.25) is 0 Å². The Kier molecular flexibility index (Phi) is 209. The monoisotopic (exact) mass is 261 g/mol. The third kappa shape index (κ3) is 18.7. The van der Waals surface area contributed by atoms with Crippen LogP contribution in [0.4, 0.5) is 0 Å². The minimum atomic E-state index is 0. The van der Waals surface area contributed by atoms with Crippen LogP contribution in [0.25, 0.3) is 0 Å². The van der Waals surface area contributed by atoms with Gasteiger partial charge in [0, 0.05) is 104 Å². The predicted octanol–water partition coefficient (Wildman–Crippen LogP) is -1.90. The van der Waals surface area contributed by atoms with E-state index in [9.17, 15) is 0 Å². The quantitative estimate of drug-likeness (QED) is 0.445. The van der Waals surface area contributed by atoms with E-state index in [0.717, 1.165) is 0 Å². The predicted molar refractivity (Wildman–Crippen MR) is 28.8 cm³/mol. The van der Waals surface area contributed by atoms with Gasteiger partial charge >= 0.3 is 0 Å². The largest absolute Gasteiger partial charge is 0 e. The van der Waals surface area contributed by atoms with E-state index in [1.165, 1.54) is 0 Å². The van der Waals surface area contributed by atoms with Crippen molar-refractivity contribution in [2.45, 2.75) is 0 Å². The molecule has 0 heterocycles. The van der Waals surface area contributed by atoms with Crippen molar-refractivity contribution in [3.05, 3.63) is 0 Å². The van der Waals surface area contributed by atoms with Crippen LogP contribution in [0.15, 0.2) is 0 Å². The second-order valence-electron chi connectivity index (χ2n) is 0. The Labute approximate surface area is 102 Å². The molecule has 0 fully saturated rings. The first kappa shape index (κ1) is 39.9. The Hall–Kier alpha value is 3.39. The molecule has 0 aliphatic carbocycles. The molecule has 0 nitrogen and oxygen atoms in total. The third-order valence-electron chi connectivity index (χ3n) is 0. The van der Waals surface area contributed by atoms with Gasteiger partial charge in [0.05, 0.1) is 0 Å². The molecule has 0 saturated carbocycles. The Morgan fingerprint density at radius 2 is 0.400 bits per heavy atom. The zero-order valence-electron chi connectivity index (χ0n) is 4.00. The molecule has 0 atom stereocenters. The van der Waals surface area contributed by atoms with Gasteiger partial charge in [-0.05, 0) is 0 Å². The zero-order chi connectivity index (χ0) is 0. The van der Waals surface area contributed by atoms with Gasteiger partial charge in [0.15, 0.2) is 0 Å². The van der Waals surface area contributed by atoms with Crippen LogP contribution in [0, 0.1) is 0 Å². The van der Waals surface area contributed by atoms with E-state index in [1.54, 1.807) is 0 Å². The average molecular weight is 258 g/mol. The summed E-state index contributed by atoms with van der Waals surface area (Å²) in [6.45, 7) is 0. The van der Waals surface area contributed by atoms with E-state index in [0.29, 0.717) is 0 Å². The molecular weight excluding hydrogens is 258 g/mol. The van der Waals surface area contributed by atoms with Crippen LogP contribution in [0.2, 0.25) is 0 Å². The first-order valence-electron chi connectivity index (χ1n) is 0. The Bertz CT molecular complexity index is 4.85. The van der Waals surface area contributed by atoms with Crippen LogP contribution in [-0.2, 0) is 0 Å². The Balaban J connectivity index is 0. The first-order chi connectivity index (χ1) is 0. The van der Waals surface area contributed by atoms with E-state index in [1.807, 2.05) is 0 Å². The van der Waals surface area contributed by atoms with Crippen molar-refractivity contribution in [1.82, 2.24) is 0 Å². The van der Waals surface area contributed by atoms with Crippen molar-refractivity contribution in [3.63, 3.8) is 0 Å². The van der Waals surface area contributed by atoms with Crippen LogP contribution in [0.3, 0.4) is 0 Å². The minimum Gasteiger partial charge on any atom is 0 e. The van der Waals surface area contributed by atoms with Crippen LogP contribution >= 0.6 is 0 Å². The van der Waals surface area contributed by atoms with Crippen LogP contribution in [-0.4, -0.2) is 104 Å². The molecule has 0 N–H and O–H groups in total. The fourth-order valence-electron chi connectivity index (χ4n) is 0. The molecule has 11 radical (unpaired) electrons. The summed E-state index contributed by atoms with van der Waals surface area (Å²) in [4.78, 5) is 0. The fraction of sp³-hybridized carbons (Fsp3) is 0. The Morgan fingerprint density at radius 1 is 0.400 bits per heavy atom. The van der Waals surface area contributed by atoms with Crippen molar-refractivity contribution < 1.29 is 0 Å². The first-order valence-corrected chi connectivity index (χ1v) is 0. The van der Waals surface area contributed by atoms with Crippen molar-refractivity contribution in [1.29, 1.82) is 0 Å². The third-order valence-corrected chi connectivity index (χ3v) is 0. The normalized spacial score (nSPS) is 0. The molecule has 0 amide bonds. The van der Waals surface area contributed by atoms with Gasteiger partial charge < -0.3 is 0 Å². The van der Waals surface area contributed by atoms with Gasteiger partial charge in [-0.3, -0.25) is 0 Å². The van der Waals surface area contributed by atoms with Gasteiger partial charge in [-0.2, -0.15) is 0 Å². The van der Waals surface area contributed by atoms with Gasteiger partial charge in [-0.15, -0.1) is 0 Å². The molecule has 0 aliphatic rings. The molecule has 0 aromatic carbocycles. The average Bonchev–Trinajstić information content (AvgIpc) is 0. The fourth-order valence-corrected chi connectivity index (χ4v) is 0. The molecule has 0 unspecified atom stereocenters. The van der Waals surface area contributed by atoms with Crippen molar-refractivity contribution in [2.24, 2.45) is 0 Å². The molecule has 5 heteroatoms. The van der Waals surface area contributed by atoms with Gasteiger partial charge in [0.1, 0.15) is 0 Å². The summed E-state index contributed by atoms with van der Waals surface area (Å²) in [5.41, 5.74) is 0. The smallest absolute Gasteiger partial charge is 0 e. The molecule has 0 bridgehead atoms. The number of hydrogen-bond acceptors (Lipinski definition) is 0. The van der Waals surface area contributed by atoms with E-state index in [4.69, 9.17) is 0 Å². The summed E-state index contributed by atoms with van der Waals surface area (Å²) in [7, 11) is 0. The van der Waals surface area contributed by atoms with E-state index < -0.39 is 0 Å². The molecule has 5 heavy (non-hydrogen) atoms. The maximum absolute atomic E-state index is 0. The molecule has 0 aromatic rings. The molecule has 0 spiro atoms. The summed E-state index contributed by atoms with van der Waals surface area (Å²) in [6.07, 6.45) is 0. The van der Waals surface area contributed by atoms with Gasteiger partial charge in [-0.1, -0.05) is 0 Å². The summed E-state index contributed by atoms with van der Waals surface area (Å²) in [6, 6.07) is 0. The zero-order valence-corrected chi connectivity index (χ0v) is 9.71. The summed E-state index contributed by atoms with van der Waals surface area (Å²) in [5.74, 6) is 0. The summed E-state index contributed by atoms with van der Waals surface area (Å²) < 4.78 is 0. The van der Waals surface area contributed by atoms with Gasteiger partial charge in [0.25, 0.3) is 0 Å². The second kappa shape index (κ2) is 26.3. The van der Waals surface area contributed by atoms with Crippen molar-refractivity contribution >= 4 is 104 Å². The van der Waals surface area contributed by atoms with E-state index in [2.05, 4.69) is 0 Å². The summed E-state index contributed by atoms with van der Waals surface area (Å²) in [5, 5.41) is 0. The molecular formula is Li3Sn2. The maximum Gasteiger partial charge on any atom is 0 e.